The third-order valence-electron chi connectivity index (χ3n) is 3.71. The molecule has 24 heavy (non-hydrogen) atoms. The number of rotatable bonds is 4. The van der Waals surface area contributed by atoms with Crippen molar-refractivity contribution in [1.82, 2.24) is 14.8 Å². The molecule has 10 nitrogen and oxygen atoms in total. The van der Waals surface area contributed by atoms with Gasteiger partial charge in [-0.25, -0.2) is 14.5 Å². The van der Waals surface area contributed by atoms with Gasteiger partial charge in [0.25, 0.3) is 5.82 Å². The van der Waals surface area contributed by atoms with Gasteiger partial charge in [-0.2, -0.15) is 0 Å². The molecule has 3 heterocycles. The molecule has 2 aliphatic heterocycles. The summed E-state index contributed by atoms with van der Waals surface area (Å²) in [7, 11) is 1.25. The molecule has 0 N–H and O–H groups in total. The molecule has 0 amide bonds. The van der Waals surface area contributed by atoms with Gasteiger partial charge in [0, 0.05) is 6.92 Å². The molecule has 0 aliphatic carbocycles. The van der Waals surface area contributed by atoms with Crippen LogP contribution in [0.4, 0.5) is 0 Å². The van der Waals surface area contributed by atoms with E-state index in [-0.39, 0.29) is 12.4 Å². The second-order valence-electron chi connectivity index (χ2n) is 5.97. The molecule has 2 saturated heterocycles. The van der Waals surface area contributed by atoms with Crippen LogP contribution in [-0.4, -0.2) is 64.5 Å². The lowest BCUT2D eigenvalue weighted by molar-refractivity contribution is -0.203. The van der Waals surface area contributed by atoms with Gasteiger partial charge in [0.05, 0.1) is 7.11 Å². The lowest BCUT2D eigenvalue weighted by atomic mass is 10.1. The van der Waals surface area contributed by atoms with Gasteiger partial charge in [-0.1, -0.05) is 0 Å². The van der Waals surface area contributed by atoms with E-state index in [1.54, 1.807) is 13.8 Å². The SMILES string of the molecule is COC(=O)c1ncn([C@H]2O[C@H](COC(C)=O)[C@@H]3OC(C)(C)O[C@H]32)n1. The highest BCUT2D eigenvalue weighted by molar-refractivity contribution is 5.84. The second-order valence-corrected chi connectivity index (χ2v) is 5.97. The van der Waals surface area contributed by atoms with Crippen molar-refractivity contribution in [2.45, 2.75) is 51.1 Å². The van der Waals surface area contributed by atoms with Crippen LogP contribution < -0.4 is 0 Å². The van der Waals surface area contributed by atoms with Crippen LogP contribution >= 0.6 is 0 Å². The number of hydrogen-bond donors (Lipinski definition) is 0. The number of ether oxygens (including phenoxy) is 5. The Morgan fingerprint density at radius 1 is 1.33 bits per heavy atom. The van der Waals surface area contributed by atoms with Gasteiger partial charge in [0.15, 0.2) is 12.0 Å². The predicted molar refractivity (Wildman–Crippen MR) is 75.7 cm³/mol. The number of carbonyl (C=O) groups is 2. The average Bonchev–Trinajstić information content (AvgIpc) is 3.17. The number of aromatic nitrogens is 3. The standard InChI is InChI=1S/C14H19N3O7/c1-7(18)21-5-8-9-10(24-14(2,3)23-9)12(22-8)17-6-15-11(16-17)13(19)20-4/h6,8-10,12H,5H2,1-4H3/t8-,9+,10-,12+/m1/s1. The minimum atomic E-state index is -0.808. The lowest BCUT2D eigenvalue weighted by Gasteiger charge is -2.23. The average molecular weight is 341 g/mol. The van der Waals surface area contributed by atoms with Crippen LogP contribution in [0.15, 0.2) is 6.33 Å². The molecule has 0 aromatic carbocycles. The fourth-order valence-electron chi connectivity index (χ4n) is 2.79. The third-order valence-corrected chi connectivity index (χ3v) is 3.71. The van der Waals surface area contributed by atoms with E-state index < -0.39 is 42.3 Å². The second kappa shape index (κ2) is 6.11. The highest BCUT2D eigenvalue weighted by Gasteiger charge is 2.56. The van der Waals surface area contributed by atoms with Gasteiger partial charge in [0.2, 0.25) is 0 Å². The van der Waals surface area contributed by atoms with Gasteiger partial charge < -0.3 is 23.7 Å². The maximum Gasteiger partial charge on any atom is 0.377 e. The third kappa shape index (κ3) is 3.12. The Morgan fingerprint density at radius 3 is 2.71 bits per heavy atom. The van der Waals surface area contributed by atoms with Crippen molar-refractivity contribution in [2.75, 3.05) is 13.7 Å². The Kier molecular flexibility index (Phi) is 4.28. The monoisotopic (exact) mass is 341 g/mol. The zero-order valence-electron chi connectivity index (χ0n) is 13.8. The quantitative estimate of drug-likeness (QED) is 0.701. The molecule has 2 aliphatic rings. The van der Waals surface area contributed by atoms with Crippen LogP contribution in [0.2, 0.25) is 0 Å². The molecular formula is C14H19N3O7. The minimum Gasteiger partial charge on any atom is -0.463 e. The van der Waals surface area contributed by atoms with Crippen molar-refractivity contribution < 1.29 is 33.3 Å². The molecule has 4 atom stereocenters. The first-order chi connectivity index (χ1) is 11.3. The van der Waals surface area contributed by atoms with Crippen molar-refractivity contribution in [1.29, 1.82) is 0 Å². The number of nitrogens with zero attached hydrogens (tertiary/aromatic N) is 3. The largest absolute Gasteiger partial charge is 0.463 e. The number of carbonyl (C=O) groups excluding carboxylic acids is 2. The molecule has 2 fully saturated rings. The van der Waals surface area contributed by atoms with E-state index in [1.165, 1.54) is 25.0 Å². The molecule has 0 bridgehead atoms. The highest BCUT2D eigenvalue weighted by Crippen LogP contribution is 2.42. The zero-order chi connectivity index (χ0) is 17.5. The van der Waals surface area contributed by atoms with Crippen LogP contribution in [0, 0.1) is 0 Å². The maximum absolute atomic E-state index is 11.5. The molecule has 1 aromatic heterocycles. The van der Waals surface area contributed by atoms with Gasteiger partial charge >= 0.3 is 11.9 Å². The Hall–Kier alpha value is -2.04. The smallest absolute Gasteiger partial charge is 0.377 e. The first-order valence-corrected chi connectivity index (χ1v) is 7.44. The fourth-order valence-corrected chi connectivity index (χ4v) is 2.79. The number of esters is 2. The van der Waals surface area contributed by atoms with Gasteiger partial charge in [-0.3, -0.25) is 4.79 Å². The van der Waals surface area contributed by atoms with Crippen molar-refractivity contribution in [2.24, 2.45) is 0 Å². The molecule has 10 heteroatoms. The summed E-state index contributed by atoms with van der Waals surface area (Å²) in [5, 5.41) is 4.06. The number of fused-ring (bicyclic) bond motifs is 1. The van der Waals surface area contributed by atoms with E-state index in [1.807, 2.05) is 0 Å². The molecule has 3 rings (SSSR count). The molecule has 0 saturated carbocycles. The molecule has 132 valence electrons. The number of methoxy groups -OCH3 is 1. The van der Waals surface area contributed by atoms with E-state index in [9.17, 15) is 9.59 Å². The Bertz CT molecular complexity index is 644. The number of hydrogen-bond acceptors (Lipinski definition) is 9. The van der Waals surface area contributed by atoms with E-state index in [0.717, 1.165) is 0 Å². The Labute approximate surface area is 138 Å². The molecular weight excluding hydrogens is 322 g/mol. The van der Waals surface area contributed by atoms with E-state index >= 15 is 0 Å². The Morgan fingerprint density at radius 2 is 2.04 bits per heavy atom. The molecule has 0 spiro atoms. The summed E-state index contributed by atoms with van der Waals surface area (Å²) in [5.41, 5.74) is 0. The van der Waals surface area contributed by atoms with Crippen LogP contribution in [0.25, 0.3) is 0 Å². The van der Waals surface area contributed by atoms with Crippen LogP contribution in [0.5, 0.6) is 0 Å². The molecule has 1 aromatic rings. The molecule has 0 radical (unpaired) electrons. The fraction of sp³-hybridized carbons (Fsp3) is 0.714. The molecule has 0 unspecified atom stereocenters. The normalized spacial score (nSPS) is 30.8. The topological polar surface area (TPSA) is 111 Å². The van der Waals surface area contributed by atoms with Gasteiger partial charge in [-0.15, -0.1) is 5.10 Å². The minimum absolute atomic E-state index is 0.0327. The predicted octanol–water partition coefficient (Wildman–Crippen LogP) is 0.0453. The van der Waals surface area contributed by atoms with Crippen molar-refractivity contribution >= 4 is 11.9 Å². The van der Waals surface area contributed by atoms with Crippen LogP contribution in [0.3, 0.4) is 0 Å². The van der Waals surface area contributed by atoms with Crippen LogP contribution in [-0.2, 0) is 28.5 Å². The van der Waals surface area contributed by atoms with Gasteiger partial charge in [0.1, 0.15) is 31.2 Å². The van der Waals surface area contributed by atoms with Crippen molar-refractivity contribution in [3.8, 4) is 0 Å². The lowest BCUT2D eigenvalue weighted by Crippen LogP contribution is -2.33. The summed E-state index contributed by atoms with van der Waals surface area (Å²) in [6.45, 7) is 4.92. The summed E-state index contributed by atoms with van der Waals surface area (Å²) >= 11 is 0. The summed E-state index contributed by atoms with van der Waals surface area (Å²) in [5.74, 6) is -1.95. The van der Waals surface area contributed by atoms with Crippen LogP contribution in [0.1, 0.15) is 37.6 Å². The summed E-state index contributed by atoms with van der Waals surface area (Å²) in [6, 6.07) is 0. The summed E-state index contributed by atoms with van der Waals surface area (Å²) < 4.78 is 28.6. The first-order valence-electron chi connectivity index (χ1n) is 7.44. The zero-order valence-corrected chi connectivity index (χ0v) is 13.8. The first kappa shape index (κ1) is 16.8. The van der Waals surface area contributed by atoms with Gasteiger partial charge in [-0.05, 0) is 13.8 Å². The maximum atomic E-state index is 11.5. The Balaban J connectivity index is 1.81. The van der Waals surface area contributed by atoms with E-state index in [4.69, 9.17) is 18.9 Å². The highest BCUT2D eigenvalue weighted by atomic mass is 16.8. The van der Waals surface area contributed by atoms with Crippen molar-refractivity contribution in [3.63, 3.8) is 0 Å². The van der Waals surface area contributed by atoms with E-state index in [2.05, 4.69) is 14.8 Å². The summed E-state index contributed by atoms with van der Waals surface area (Å²) in [6.07, 6.45) is -0.737. The summed E-state index contributed by atoms with van der Waals surface area (Å²) in [4.78, 5) is 26.5. The van der Waals surface area contributed by atoms with E-state index in [0.29, 0.717) is 0 Å². The van der Waals surface area contributed by atoms with Crippen molar-refractivity contribution in [3.05, 3.63) is 12.2 Å².